The van der Waals surface area contributed by atoms with Crippen LogP contribution in [0, 0.1) is 0 Å². The molecule has 0 radical (unpaired) electrons. The number of nitrogens with zero attached hydrogens (tertiary/aromatic N) is 3. The lowest BCUT2D eigenvalue weighted by Crippen LogP contribution is -2.32. The predicted octanol–water partition coefficient (Wildman–Crippen LogP) is 4.23. The number of hydrogen-bond acceptors (Lipinski definition) is 5. The number of aromatic nitrogens is 2. The van der Waals surface area contributed by atoms with E-state index in [0.717, 1.165) is 23.9 Å². The highest BCUT2D eigenvalue weighted by molar-refractivity contribution is 5.92. The summed E-state index contributed by atoms with van der Waals surface area (Å²) in [5, 5.41) is 17.0. The molecule has 2 aromatic carbocycles. The van der Waals surface area contributed by atoms with Gasteiger partial charge >= 0.3 is 12.1 Å². The molecule has 6 nitrogen and oxygen atoms in total. The van der Waals surface area contributed by atoms with Crippen LogP contribution in [0.25, 0.3) is 10.8 Å². The summed E-state index contributed by atoms with van der Waals surface area (Å²) in [5.41, 5.74) is 8.59. The summed E-state index contributed by atoms with van der Waals surface area (Å²) in [6, 6.07) is 17.2. The van der Waals surface area contributed by atoms with Crippen molar-refractivity contribution < 1.29 is 23.1 Å². The van der Waals surface area contributed by atoms with Gasteiger partial charge < -0.3 is 15.7 Å². The van der Waals surface area contributed by atoms with E-state index < -0.39 is 12.1 Å². The third-order valence-corrected chi connectivity index (χ3v) is 5.05. The second-order valence-corrected chi connectivity index (χ2v) is 6.98. The maximum atomic E-state index is 10.6. The number of anilines is 2. The lowest BCUT2D eigenvalue weighted by Gasteiger charge is -2.34. The molecule has 1 aliphatic rings. The molecule has 158 valence electrons. The van der Waals surface area contributed by atoms with Gasteiger partial charge in [-0.3, -0.25) is 0 Å². The van der Waals surface area contributed by atoms with Crippen molar-refractivity contribution in [2.75, 3.05) is 23.7 Å². The number of alkyl halides is 3. The summed E-state index contributed by atoms with van der Waals surface area (Å²) in [4.78, 5) is 11.3. The van der Waals surface area contributed by atoms with Crippen LogP contribution >= 0.6 is 0 Å². The highest BCUT2D eigenvalue weighted by atomic mass is 19.4. The van der Waals surface area contributed by atoms with Crippen molar-refractivity contribution in [1.29, 1.82) is 0 Å². The fraction of sp³-hybridized carbons (Fsp3) is 0.286. The van der Waals surface area contributed by atoms with Gasteiger partial charge in [-0.25, -0.2) is 4.79 Å². The van der Waals surface area contributed by atoms with Gasteiger partial charge in [-0.2, -0.15) is 18.3 Å². The summed E-state index contributed by atoms with van der Waals surface area (Å²) >= 11 is 0. The molecule has 3 N–H and O–H groups in total. The number of nitrogen functional groups attached to an aromatic ring is 1. The van der Waals surface area contributed by atoms with Crippen LogP contribution in [0.1, 0.15) is 24.3 Å². The van der Waals surface area contributed by atoms with E-state index in [1.54, 1.807) is 6.20 Å². The predicted molar refractivity (Wildman–Crippen MR) is 108 cm³/mol. The average Bonchev–Trinajstić information content (AvgIpc) is 2.74. The number of fused-ring (bicyclic) bond motifs is 1. The Labute approximate surface area is 171 Å². The zero-order chi connectivity index (χ0) is 21.7. The minimum absolute atomic E-state index is 0.497. The highest BCUT2D eigenvalue weighted by Crippen LogP contribution is 2.31. The minimum Gasteiger partial charge on any atom is -0.475 e. The normalized spacial score (nSPS) is 14.8. The van der Waals surface area contributed by atoms with Crippen molar-refractivity contribution in [3.63, 3.8) is 0 Å². The van der Waals surface area contributed by atoms with Gasteiger partial charge in [0.25, 0.3) is 0 Å². The first-order valence-electron chi connectivity index (χ1n) is 9.36. The monoisotopic (exact) mass is 418 g/mol. The van der Waals surface area contributed by atoms with Crippen LogP contribution in [0.3, 0.4) is 0 Å². The van der Waals surface area contributed by atoms with Gasteiger partial charge in [0, 0.05) is 29.5 Å². The lowest BCUT2D eigenvalue weighted by molar-refractivity contribution is -0.192. The SMILES string of the molecule is Nc1nncc2cc(N3CCC(c4ccccc4)CC3)ccc12.O=C(O)C(F)(F)F. The van der Waals surface area contributed by atoms with Gasteiger partial charge in [0.05, 0.1) is 6.20 Å². The Morgan fingerprint density at radius 1 is 1.10 bits per heavy atom. The van der Waals surface area contributed by atoms with E-state index >= 15 is 0 Å². The zero-order valence-electron chi connectivity index (χ0n) is 16.0. The Kier molecular flexibility index (Phi) is 6.39. The summed E-state index contributed by atoms with van der Waals surface area (Å²) in [6.45, 7) is 2.16. The second-order valence-electron chi connectivity index (χ2n) is 6.98. The summed E-state index contributed by atoms with van der Waals surface area (Å²) in [6.07, 6.45) is -0.913. The van der Waals surface area contributed by atoms with Crippen molar-refractivity contribution in [1.82, 2.24) is 10.2 Å². The third kappa shape index (κ3) is 5.16. The number of halogens is 3. The van der Waals surface area contributed by atoms with Gasteiger partial charge in [0.15, 0.2) is 5.82 Å². The number of nitrogens with two attached hydrogens (primary N) is 1. The van der Waals surface area contributed by atoms with Crippen LogP contribution in [-0.2, 0) is 4.79 Å². The molecule has 1 aliphatic heterocycles. The molecule has 0 saturated carbocycles. The Morgan fingerprint density at radius 3 is 2.33 bits per heavy atom. The van der Waals surface area contributed by atoms with Crippen LogP contribution in [0.4, 0.5) is 24.7 Å². The van der Waals surface area contributed by atoms with Crippen molar-refractivity contribution in [2.24, 2.45) is 0 Å². The Morgan fingerprint density at radius 2 is 1.73 bits per heavy atom. The molecule has 1 saturated heterocycles. The molecular weight excluding hydrogens is 397 g/mol. The first-order valence-corrected chi connectivity index (χ1v) is 9.36. The molecule has 0 spiro atoms. The first-order chi connectivity index (χ1) is 14.3. The van der Waals surface area contributed by atoms with Crippen molar-refractivity contribution in [3.05, 3.63) is 60.3 Å². The molecule has 1 aromatic heterocycles. The molecule has 0 amide bonds. The standard InChI is InChI=1S/C19H20N4.C2HF3O2/c20-19-18-7-6-17(12-16(18)13-21-22-19)23-10-8-15(9-11-23)14-4-2-1-3-5-14;3-2(4,5)1(6)7/h1-7,12-13,15H,8-11H2,(H2,20,22);(H,6,7). The van der Waals surface area contributed by atoms with Gasteiger partial charge in [-0.05, 0) is 42.5 Å². The van der Waals surface area contributed by atoms with Crippen LogP contribution in [-0.4, -0.2) is 40.5 Å². The number of carboxylic acid groups (broad SMARTS) is 1. The van der Waals surface area contributed by atoms with Gasteiger partial charge in [0.2, 0.25) is 0 Å². The van der Waals surface area contributed by atoms with E-state index in [0.29, 0.717) is 11.7 Å². The number of hydrogen-bond donors (Lipinski definition) is 2. The first kappa shape index (κ1) is 21.4. The smallest absolute Gasteiger partial charge is 0.475 e. The number of piperidine rings is 1. The number of benzene rings is 2. The molecule has 3 aromatic rings. The van der Waals surface area contributed by atoms with Crippen molar-refractivity contribution >= 4 is 28.2 Å². The highest BCUT2D eigenvalue weighted by Gasteiger charge is 2.38. The van der Waals surface area contributed by atoms with Gasteiger partial charge in [0.1, 0.15) is 0 Å². The quantitative estimate of drug-likeness (QED) is 0.647. The largest absolute Gasteiger partial charge is 0.490 e. The molecule has 0 bridgehead atoms. The molecule has 4 rings (SSSR count). The molecule has 30 heavy (non-hydrogen) atoms. The fourth-order valence-corrected chi connectivity index (χ4v) is 3.49. The zero-order valence-corrected chi connectivity index (χ0v) is 16.0. The molecule has 1 fully saturated rings. The van der Waals surface area contributed by atoms with E-state index in [4.69, 9.17) is 15.6 Å². The number of rotatable bonds is 2. The van der Waals surface area contributed by atoms with E-state index in [9.17, 15) is 13.2 Å². The minimum atomic E-state index is -5.08. The summed E-state index contributed by atoms with van der Waals surface area (Å²) < 4.78 is 31.7. The summed E-state index contributed by atoms with van der Waals surface area (Å²) in [5.74, 6) is -1.58. The second kappa shape index (κ2) is 8.98. The van der Waals surface area contributed by atoms with Gasteiger partial charge in [-0.15, -0.1) is 5.10 Å². The number of carboxylic acids is 1. The maximum absolute atomic E-state index is 10.6. The van der Waals surface area contributed by atoms with Crippen LogP contribution < -0.4 is 10.6 Å². The number of aliphatic carboxylic acids is 1. The Hall–Kier alpha value is -3.36. The Bertz CT molecular complexity index is 1000. The van der Waals surface area contributed by atoms with E-state index in [-0.39, 0.29) is 0 Å². The molecule has 0 atom stereocenters. The molecule has 9 heteroatoms. The van der Waals surface area contributed by atoms with Crippen molar-refractivity contribution in [2.45, 2.75) is 24.9 Å². The van der Waals surface area contributed by atoms with Crippen LogP contribution in [0.15, 0.2) is 54.7 Å². The van der Waals surface area contributed by atoms with Crippen molar-refractivity contribution in [3.8, 4) is 0 Å². The topological polar surface area (TPSA) is 92.3 Å². The molecule has 2 heterocycles. The van der Waals surface area contributed by atoms with E-state index in [2.05, 4.69) is 63.6 Å². The molecule has 0 unspecified atom stereocenters. The van der Waals surface area contributed by atoms with Gasteiger partial charge in [-0.1, -0.05) is 30.3 Å². The van der Waals surface area contributed by atoms with Crippen LogP contribution in [0.2, 0.25) is 0 Å². The Balaban J connectivity index is 0.000000318. The lowest BCUT2D eigenvalue weighted by atomic mass is 9.89. The molecular formula is C21H21F3N4O2. The fourth-order valence-electron chi connectivity index (χ4n) is 3.49. The third-order valence-electron chi connectivity index (χ3n) is 5.05. The average molecular weight is 418 g/mol. The number of carbonyl (C=O) groups is 1. The van der Waals surface area contributed by atoms with E-state index in [1.807, 2.05) is 0 Å². The maximum Gasteiger partial charge on any atom is 0.490 e. The molecule has 0 aliphatic carbocycles. The van der Waals surface area contributed by atoms with E-state index in [1.165, 1.54) is 24.1 Å². The van der Waals surface area contributed by atoms with Crippen LogP contribution in [0.5, 0.6) is 0 Å². The summed E-state index contributed by atoms with van der Waals surface area (Å²) in [7, 11) is 0.